The smallest absolute Gasteiger partial charge is 0.00418 e. The third-order valence-corrected chi connectivity index (χ3v) is 2.07. The highest BCUT2D eigenvalue weighted by Crippen LogP contribution is 2.13. The van der Waals surface area contributed by atoms with E-state index in [1.165, 1.54) is 12.8 Å². The summed E-state index contributed by atoms with van der Waals surface area (Å²) < 4.78 is 0. The van der Waals surface area contributed by atoms with Crippen LogP contribution in [0.15, 0.2) is 0 Å². The molecule has 2 heteroatoms. The number of hydrogen-bond donors (Lipinski definition) is 2. The van der Waals surface area contributed by atoms with Crippen LogP contribution in [0.2, 0.25) is 0 Å². The van der Waals surface area contributed by atoms with Gasteiger partial charge in [0.05, 0.1) is 0 Å². The van der Waals surface area contributed by atoms with Crippen LogP contribution in [0.3, 0.4) is 0 Å². The molecule has 1 unspecified atom stereocenters. The van der Waals surface area contributed by atoms with Crippen LogP contribution in [0.1, 0.15) is 19.8 Å². The van der Waals surface area contributed by atoms with Gasteiger partial charge in [-0.25, -0.2) is 0 Å². The first-order valence-corrected chi connectivity index (χ1v) is 3.76. The molecule has 0 aromatic heterocycles. The van der Waals surface area contributed by atoms with Crippen molar-refractivity contribution >= 4 is 0 Å². The van der Waals surface area contributed by atoms with Crippen LogP contribution in [0.25, 0.3) is 0 Å². The summed E-state index contributed by atoms with van der Waals surface area (Å²) in [5.74, 6) is 0.779. The maximum atomic E-state index is 5.54. The zero-order valence-corrected chi connectivity index (χ0v) is 6.06. The van der Waals surface area contributed by atoms with E-state index in [4.69, 9.17) is 5.73 Å². The topological polar surface area (TPSA) is 38.0 Å². The summed E-state index contributed by atoms with van der Waals surface area (Å²) >= 11 is 0. The van der Waals surface area contributed by atoms with E-state index >= 15 is 0 Å². The molecule has 0 spiro atoms. The second-order valence-electron chi connectivity index (χ2n) is 2.98. The first kappa shape index (κ1) is 7.03. The van der Waals surface area contributed by atoms with E-state index in [-0.39, 0.29) is 0 Å². The van der Waals surface area contributed by atoms with Crippen molar-refractivity contribution in [3.8, 4) is 0 Å². The molecule has 1 fully saturated rings. The van der Waals surface area contributed by atoms with Crippen molar-refractivity contribution in [2.75, 3.05) is 13.1 Å². The van der Waals surface area contributed by atoms with E-state index in [1.54, 1.807) is 0 Å². The number of nitrogens with one attached hydrogen (secondary N) is 1. The molecule has 0 aliphatic carbocycles. The Kier molecular flexibility index (Phi) is 2.49. The largest absolute Gasteiger partial charge is 0.330 e. The van der Waals surface area contributed by atoms with Gasteiger partial charge in [0, 0.05) is 6.04 Å². The fraction of sp³-hybridized carbons (Fsp3) is 1.00. The second kappa shape index (κ2) is 3.18. The number of piperidine rings is 1. The Balaban J connectivity index is 2.23. The molecular weight excluding hydrogens is 112 g/mol. The van der Waals surface area contributed by atoms with Crippen LogP contribution in [-0.4, -0.2) is 19.1 Å². The van der Waals surface area contributed by atoms with Crippen molar-refractivity contribution in [2.45, 2.75) is 25.8 Å². The van der Waals surface area contributed by atoms with Gasteiger partial charge in [-0.05, 0) is 38.8 Å². The molecule has 0 amide bonds. The molecule has 1 saturated heterocycles. The predicted octanol–water partition coefficient (Wildman–Crippen LogP) is 0.333. The number of hydrogen-bond acceptors (Lipinski definition) is 2. The van der Waals surface area contributed by atoms with Crippen LogP contribution < -0.4 is 11.1 Å². The van der Waals surface area contributed by atoms with E-state index in [0.29, 0.717) is 6.04 Å². The lowest BCUT2D eigenvalue weighted by molar-refractivity contribution is 0.322. The number of nitrogens with two attached hydrogens (primary N) is 1. The maximum Gasteiger partial charge on any atom is 0.00418 e. The normalized spacial score (nSPS) is 36.7. The predicted molar refractivity (Wildman–Crippen MR) is 39.2 cm³/mol. The van der Waals surface area contributed by atoms with E-state index < -0.39 is 0 Å². The molecule has 0 aromatic carbocycles. The monoisotopic (exact) mass is 128 g/mol. The molecule has 9 heavy (non-hydrogen) atoms. The maximum absolute atomic E-state index is 5.54. The molecule has 1 rings (SSSR count). The van der Waals surface area contributed by atoms with Gasteiger partial charge in [0.1, 0.15) is 0 Å². The lowest BCUT2D eigenvalue weighted by Crippen LogP contribution is -2.38. The summed E-state index contributed by atoms with van der Waals surface area (Å²) in [6.45, 7) is 4.25. The van der Waals surface area contributed by atoms with E-state index in [9.17, 15) is 0 Å². The van der Waals surface area contributed by atoms with Crippen molar-refractivity contribution < 1.29 is 0 Å². The SMILES string of the molecule is C[C@H]1CC(CN)CCN1. The summed E-state index contributed by atoms with van der Waals surface area (Å²) in [5, 5.41) is 3.39. The first-order chi connectivity index (χ1) is 4.33. The molecule has 1 heterocycles. The van der Waals surface area contributed by atoms with Gasteiger partial charge in [-0.15, -0.1) is 0 Å². The van der Waals surface area contributed by atoms with Gasteiger partial charge in [-0.2, -0.15) is 0 Å². The molecule has 0 bridgehead atoms. The fourth-order valence-corrected chi connectivity index (χ4v) is 1.45. The third kappa shape index (κ3) is 1.95. The minimum atomic E-state index is 0.687. The molecule has 2 atom stereocenters. The van der Waals surface area contributed by atoms with E-state index in [0.717, 1.165) is 19.0 Å². The highest BCUT2D eigenvalue weighted by molar-refractivity contribution is 4.74. The Hall–Kier alpha value is -0.0800. The molecule has 3 N–H and O–H groups in total. The van der Waals surface area contributed by atoms with Gasteiger partial charge < -0.3 is 11.1 Å². The van der Waals surface area contributed by atoms with Crippen molar-refractivity contribution in [1.82, 2.24) is 5.32 Å². The Labute approximate surface area is 56.8 Å². The van der Waals surface area contributed by atoms with Gasteiger partial charge in [0.2, 0.25) is 0 Å². The summed E-state index contributed by atoms with van der Waals surface area (Å²) in [4.78, 5) is 0. The highest BCUT2D eigenvalue weighted by atomic mass is 14.9. The van der Waals surface area contributed by atoms with Gasteiger partial charge >= 0.3 is 0 Å². The molecular formula is C7H16N2. The zero-order chi connectivity index (χ0) is 6.69. The van der Waals surface area contributed by atoms with Gasteiger partial charge in [-0.1, -0.05) is 0 Å². The van der Waals surface area contributed by atoms with Crippen LogP contribution in [0.5, 0.6) is 0 Å². The minimum Gasteiger partial charge on any atom is -0.330 e. The molecule has 54 valence electrons. The Morgan fingerprint density at radius 2 is 2.44 bits per heavy atom. The second-order valence-corrected chi connectivity index (χ2v) is 2.98. The molecule has 1 aliphatic heterocycles. The van der Waals surface area contributed by atoms with Gasteiger partial charge in [0.25, 0.3) is 0 Å². The van der Waals surface area contributed by atoms with Crippen molar-refractivity contribution in [1.29, 1.82) is 0 Å². The van der Waals surface area contributed by atoms with Crippen LogP contribution in [0, 0.1) is 5.92 Å². The lowest BCUT2D eigenvalue weighted by atomic mass is 9.94. The van der Waals surface area contributed by atoms with Crippen LogP contribution >= 0.6 is 0 Å². The summed E-state index contributed by atoms with van der Waals surface area (Å²) in [6.07, 6.45) is 2.53. The summed E-state index contributed by atoms with van der Waals surface area (Å²) in [5.41, 5.74) is 5.54. The van der Waals surface area contributed by atoms with Crippen molar-refractivity contribution in [3.05, 3.63) is 0 Å². The minimum absolute atomic E-state index is 0.687. The molecule has 0 saturated carbocycles. The molecule has 2 nitrogen and oxygen atoms in total. The molecule has 1 aliphatic rings. The first-order valence-electron chi connectivity index (χ1n) is 3.76. The standard InChI is InChI=1S/C7H16N2/c1-6-4-7(5-8)2-3-9-6/h6-7,9H,2-5,8H2,1H3/t6-,7?/m0/s1. The Morgan fingerprint density at radius 1 is 1.67 bits per heavy atom. The average molecular weight is 128 g/mol. The Morgan fingerprint density at radius 3 is 2.89 bits per heavy atom. The van der Waals surface area contributed by atoms with E-state index in [2.05, 4.69) is 12.2 Å². The van der Waals surface area contributed by atoms with Crippen molar-refractivity contribution in [2.24, 2.45) is 11.7 Å². The molecule has 0 radical (unpaired) electrons. The summed E-state index contributed by atoms with van der Waals surface area (Å²) in [6, 6.07) is 0.687. The van der Waals surface area contributed by atoms with Gasteiger partial charge in [-0.3, -0.25) is 0 Å². The molecule has 0 aromatic rings. The quantitative estimate of drug-likeness (QED) is 0.534. The average Bonchev–Trinajstić information content (AvgIpc) is 1.88. The lowest BCUT2D eigenvalue weighted by Gasteiger charge is -2.26. The van der Waals surface area contributed by atoms with Crippen molar-refractivity contribution in [3.63, 3.8) is 0 Å². The third-order valence-electron chi connectivity index (χ3n) is 2.07. The Bertz CT molecular complexity index is 83.0. The highest BCUT2D eigenvalue weighted by Gasteiger charge is 2.15. The van der Waals surface area contributed by atoms with E-state index in [1.807, 2.05) is 0 Å². The van der Waals surface area contributed by atoms with Crippen LogP contribution in [0.4, 0.5) is 0 Å². The zero-order valence-electron chi connectivity index (χ0n) is 6.06. The summed E-state index contributed by atoms with van der Waals surface area (Å²) in [7, 11) is 0. The fourth-order valence-electron chi connectivity index (χ4n) is 1.45. The van der Waals surface area contributed by atoms with Crippen LogP contribution in [-0.2, 0) is 0 Å². The number of rotatable bonds is 1. The van der Waals surface area contributed by atoms with Gasteiger partial charge in [0.15, 0.2) is 0 Å².